The minimum Gasteiger partial charge on any atom is -0.493 e. The third kappa shape index (κ3) is 3.67. The summed E-state index contributed by atoms with van der Waals surface area (Å²) < 4.78 is 10.3. The second-order valence-electron chi connectivity index (χ2n) is 5.08. The van der Waals surface area contributed by atoms with E-state index in [-0.39, 0.29) is 12.5 Å². The Bertz CT molecular complexity index is 561. The van der Waals surface area contributed by atoms with Crippen molar-refractivity contribution in [2.45, 2.75) is 18.9 Å². The highest BCUT2D eigenvalue weighted by Gasteiger charge is 2.31. The van der Waals surface area contributed by atoms with E-state index >= 15 is 0 Å². The maximum absolute atomic E-state index is 12.1. The van der Waals surface area contributed by atoms with Gasteiger partial charge in [-0.15, -0.1) is 0 Å². The van der Waals surface area contributed by atoms with Crippen LogP contribution < -0.4 is 14.8 Å². The smallest absolute Gasteiger partial charge is 0.320 e. The maximum atomic E-state index is 12.1. The van der Waals surface area contributed by atoms with E-state index in [0.29, 0.717) is 30.2 Å². The minimum atomic E-state index is -0.878. The minimum absolute atomic E-state index is 0.0608. The molecule has 1 aromatic rings. The number of anilines is 1. The van der Waals surface area contributed by atoms with Crippen molar-refractivity contribution >= 4 is 17.6 Å². The van der Waals surface area contributed by atoms with Crippen LogP contribution >= 0.6 is 0 Å². The second kappa shape index (κ2) is 7.13. The van der Waals surface area contributed by atoms with Gasteiger partial charge in [0, 0.05) is 11.8 Å². The number of likely N-dealkylation sites (tertiary alicyclic amines) is 1. The first kappa shape index (κ1) is 16.1. The Hall–Kier alpha value is -2.28. The summed E-state index contributed by atoms with van der Waals surface area (Å²) >= 11 is 0. The average Bonchev–Trinajstić information content (AvgIpc) is 2.95. The number of methoxy groups -OCH3 is 2. The molecule has 22 heavy (non-hydrogen) atoms. The van der Waals surface area contributed by atoms with Crippen LogP contribution in [0.4, 0.5) is 5.69 Å². The normalized spacial score (nSPS) is 18.0. The van der Waals surface area contributed by atoms with Crippen LogP contribution in [0, 0.1) is 0 Å². The van der Waals surface area contributed by atoms with E-state index in [9.17, 15) is 9.59 Å². The van der Waals surface area contributed by atoms with E-state index in [1.54, 1.807) is 23.1 Å². The Morgan fingerprint density at radius 2 is 2.05 bits per heavy atom. The maximum Gasteiger partial charge on any atom is 0.320 e. The van der Waals surface area contributed by atoms with E-state index in [0.717, 1.165) is 6.42 Å². The molecule has 1 amide bonds. The van der Waals surface area contributed by atoms with E-state index < -0.39 is 12.0 Å². The Balaban J connectivity index is 1.98. The summed E-state index contributed by atoms with van der Waals surface area (Å²) in [6.45, 7) is 0.682. The van der Waals surface area contributed by atoms with Crippen LogP contribution in [0.2, 0.25) is 0 Å². The Morgan fingerprint density at radius 1 is 1.32 bits per heavy atom. The van der Waals surface area contributed by atoms with Crippen molar-refractivity contribution in [3.05, 3.63) is 18.2 Å². The van der Waals surface area contributed by atoms with Gasteiger partial charge in [0.05, 0.1) is 20.8 Å². The number of amides is 1. The number of aliphatic carboxylic acids is 1. The monoisotopic (exact) mass is 308 g/mol. The summed E-state index contributed by atoms with van der Waals surface area (Å²) in [5.74, 6) is -0.0346. The molecule has 0 aliphatic carbocycles. The number of benzene rings is 1. The first-order chi connectivity index (χ1) is 10.5. The predicted molar refractivity (Wildman–Crippen MR) is 80.4 cm³/mol. The summed E-state index contributed by atoms with van der Waals surface area (Å²) in [6.07, 6.45) is 1.37. The lowest BCUT2D eigenvalue weighted by atomic mass is 10.2. The lowest BCUT2D eigenvalue weighted by molar-refractivity contribution is -0.142. The molecular formula is C15H20N2O5. The fraction of sp³-hybridized carbons (Fsp3) is 0.467. The van der Waals surface area contributed by atoms with E-state index in [2.05, 4.69) is 5.32 Å². The standard InChI is InChI=1S/C15H20N2O5/c1-21-12-6-5-10(8-13(12)22-2)16-14(18)9-17-7-3-4-11(17)15(19)20/h5-6,8,11H,3-4,7,9H2,1-2H3,(H,16,18)(H,19,20). The molecule has 0 saturated carbocycles. The molecule has 1 aromatic carbocycles. The van der Waals surface area contributed by atoms with Crippen molar-refractivity contribution in [3.63, 3.8) is 0 Å². The Labute approximate surface area is 128 Å². The van der Waals surface area contributed by atoms with E-state index in [4.69, 9.17) is 14.6 Å². The lowest BCUT2D eigenvalue weighted by Crippen LogP contribution is -2.40. The number of rotatable bonds is 6. The number of hydrogen-bond donors (Lipinski definition) is 2. The molecule has 2 rings (SSSR count). The highest BCUT2D eigenvalue weighted by atomic mass is 16.5. The van der Waals surface area contributed by atoms with Crippen LogP contribution in [0.5, 0.6) is 11.5 Å². The molecule has 0 bridgehead atoms. The van der Waals surface area contributed by atoms with Gasteiger partial charge in [0.15, 0.2) is 11.5 Å². The van der Waals surface area contributed by atoms with Gasteiger partial charge in [-0.2, -0.15) is 0 Å². The molecule has 1 atom stereocenters. The molecule has 1 heterocycles. The summed E-state index contributed by atoms with van der Waals surface area (Å²) in [7, 11) is 3.06. The van der Waals surface area contributed by atoms with Crippen molar-refractivity contribution in [3.8, 4) is 11.5 Å². The van der Waals surface area contributed by atoms with Gasteiger partial charge in [-0.3, -0.25) is 14.5 Å². The average molecular weight is 308 g/mol. The van der Waals surface area contributed by atoms with Gasteiger partial charge in [0.25, 0.3) is 0 Å². The zero-order valence-corrected chi connectivity index (χ0v) is 12.7. The van der Waals surface area contributed by atoms with Crippen LogP contribution in [0.1, 0.15) is 12.8 Å². The van der Waals surface area contributed by atoms with Gasteiger partial charge in [-0.25, -0.2) is 0 Å². The SMILES string of the molecule is COc1ccc(NC(=O)CN2CCCC2C(=O)O)cc1OC. The second-order valence-corrected chi connectivity index (χ2v) is 5.08. The summed E-state index contributed by atoms with van der Waals surface area (Å²) in [6, 6.07) is 4.49. The topological polar surface area (TPSA) is 88.1 Å². The van der Waals surface area contributed by atoms with Crippen LogP contribution in [-0.4, -0.2) is 55.2 Å². The van der Waals surface area contributed by atoms with E-state index in [1.807, 2.05) is 0 Å². The third-order valence-corrected chi connectivity index (χ3v) is 3.66. The van der Waals surface area contributed by atoms with Gasteiger partial charge in [0.2, 0.25) is 5.91 Å². The number of carbonyl (C=O) groups is 2. The van der Waals surface area contributed by atoms with Crippen molar-refractivity contribution in [2.75, 3.05) is 32.6 Å². The van der Waals surface area contributed by atoms with Crippen LogP contribution in [0.25, 0.3) is 0 Å². The number of carbonyl (C=O) groups excluding carboxylic acids is 1. The summed E-state index contributed by atoms with van der Waals surface area (Å²) in [5, 5.41) is 11.9. The molecule has 0 radical (unpaired) electrons. The fourth-order valence-corrected chi connectivity index (χ4v) is 2.59. The van der Waals surface area contributed by atoms with Crippen LogP contribution in [0.15, 0.2) is 18.2 Å². The number of nitrogens with one attached hydrogen (secondary N) is 1. The Kier molecular flexibility index (Phi) is 5.21. The number of carboxylic acids is 1. The quantitative estimate of drug-likeness (QED) is 0.821. The first-order valence-corrected chi connectivity index (χ1v) is 7.04. The molecule has 1 aliphatic heterocycles. The molecule has 0 aromatic heterocycles. The molecular weight excluding hydrogens is 288 g/mol. The molecule has 7 nitrogen and oxygen atoms in total. The zero-order chi connectivity index (χ0) is 16.1. The van der Waals surface area contributed by atoms with E-state index in [1.165, 1.54) is 14.2 Å². The van der Waals surface area contributed by atoms with Gasteiger partial charge in [-0.1, -0.05) is 0 Å². The first-order valence-electron chi connectivity index (χ1n) is 7.04. The number of carboxylic acid groups (broad SMARTS) is 1. The van der Waals surface area contributed by atoms with Crippen molar-refractivity contribution < 1.29 is 24.2 Å². The molecule has 7 heteroatoms. The van der Waals surface area contributed by atoms with Crippen molar-refractivity contribution in [1.29, 1.82) is 0 Å². The predicted octanol–water partition coefficient (Wildman–Crippen LogP) is 1.19. The van der Waals surface area contributed by atoms with Gasteiger partial charge in [-0.05, 0) is 31.5 Å². The van der Waals surface area contributed by atoms with Crippen molar-refractivity contribution in [2.24, 2.45) is 0 Å². The molecule has 1 aliphatic rings. The van der Waals surface area contributed by atoms with Gasteiger partial charge in [0.1, 0.15) is 6.04 Å². The number of hydrogen-bond acceptors (Lipinski definition) is 5. The Morgan fingerprint density at radius 3 is 2.68 bits per heavy atom. The highest BCUT2D eigenvalue weighted by molar-refractivity contribution is 5.93. The zero-order valence-electron chi connectivity index (χ0n) is 12.7. The summed E-state index contributed by atoms with van der Waals surface area (Å²) in [5.41, 5.74) is 0.578. The fourth-order valence-electron chi connectivity index (χ4n) is 2.59. The number of nitrogens with zero attached hydrogens (tertiary/aromatic N) is 1. The van der Waals surface area contributed by atoms with Gasteiger partial charge >= 0.3 is 5.97 Å². The number of ether oxygens (including phenoxy) is 2. The van der Waals surface area contributed by atoms with Crippen LogP contribution in [-0.2, 0) is 9.59 Å². The molecule has 120 valence electrons. The molecule has 0 spiro atoms. The summed E-state index contributed by atoms with van der Waals surface area (Å²) in [4.78, 5) is 24.9. The highest BCUT2D eigenvalue weighted by Crippen LogP contribution is 2.29. The van der Waals surface area contributed by atoms with Crippen molar-refractivity contribution in [1.82, 2.24) is 4.90 Å². The molecule has 1 saturated heterocycles. The van der Waals surface area contributed by atoms with Gasteiger partial charge < -0.3 is 19.9 Å². The molecule has 2 N–H and O–H groups in total. The lowest BCUT2D eigenvalue weighted by Gasteiger charge is -2.20. The third-order valence-electron chi connectivity index (χ3n) is 3.66. The molecule has 1 fully saturated rings. The molecule has 1 unspecified atom stereocenters. The largest absolute Gasteiger partial charge is 0.493 e. The van der Waals surface area contributed by atoms with Crippen LogP contribution in [0.3, 0.4) is 0 Å².